The van der Waals surface area contributed by atoms with Gasteiger partial charge >= 0.3 is 0 Å². The Bertz CT molecular complexity index is 1410. The monoisotopic (exact) mass is 461 g/mol. The van der Waals surface area contributed by atoms with Crippen LogP contribution >= 0.6 is 0 Å². The number of carbonyl (C=O) groups is 1. The van der Waals surface area contributed by atoms with Crippen LogP contribution in [0.25, 0.3) is 22.0 Å². The number of amides is 1. The molecule has 1 heterocycles. The number of hydrogen-bond donors (Lipinski definition) is 0. The van der Waals surface area contributed by atoms with E-state index in [1.165, 1.54) is 6.07 Å². The van der Waals surface area contributed by atoms with Gasteiger partial charge in [0.2, 0.25) is 5.91 Å². The van der Waals surface area contributed by atoms with Gasteiger partial charge in [0.15, 0.2) is 11.6 Å². The van der Waals surface area contributed by atoms with E-state index in [0.717, 1.165) is 22.4 Å². The number of carbonyl (C=O) groups excluding carboxylic acids is 1. The Balaban J connectivity index is 1.78. The molecule has 7 heteroatoms. The van der Waals surface area contributed by atoms with E-state index in [1.807, 2.05) is 51.1 Å². The molecule has 0 aliphatic heterocycles. The van der Waals surface area contributed by atoms with Gasteiger partial charge in [-0.1, -0.05) is 48.5 Å². The van der Waals surface area contributed by atoms with Crippen LogP contribution in [-0.4, -0.2) is 26.1 Å². The van der Waals surface area contributed by atoms with Crippen LogP contribution in [0.3, 0.4) is 0 Å². The van der Waals surface area contributed by atoms with Crippen LogP contribution in [0.4, 0.5) is 8.78 Å². The quantitative estimate of drug-likeness (QED) is 0.412. The number of hydrogen-bond acceptors (Lipinski definition) is 3. The van der Waals surface area contributed by atoms with E-state index in [1.54, 1.807) is 29.2 Å². The minimum Gasteiger partial charge on any atom is -0.332 e. The zero-order chi connectivity index (χ0) is 24.5. The predicted molar refractivity (Wildman–Crippen MR) is 128 cm³/mol. The molecule has 0 saturated heterocycles. The first-order chi connectivity index (χ1) is 16.1. The first-order valence-corrected chi connectivity index (χ1v) is 10.9. The van der Waals surface area contributed by atoms with Gasteiger partial charge in [-0.05, 0) is 50.6 Å². The van der Waals surface area contributed by atoms with E-state index in [2.05, 4.69) is 5.10 Å². The Morgan fingerprint density at radius 1 is 0.912 bits per heavy atom. The fraction of sp³-hybridized carbons (Fsp3) is 0.222. The van der Waals surface area contributed by atoms with Gasteiger partial charge in [0, 0.05) is 23.0 Å². The number of halogens is 2. The largest absolute Gasteiger partial charge is 0.332 e. The van der Waals surface area contributed by atoms with Crippen molar-refractivity contribution in [3.05, 3.63) is 100 Å². The summed E-state index contributed by atoms with van der Waals surface area (Å²) < 4.78 is 28.6. The lowest BCUT2D eigenvalue weighted by Crippen LogP contribution is -2.47. The minimum atomic E-state index is -1.01. The lowest BCUT2D eigenvalue weighted by Gasteiger charge is -2.36. The zero-order valence-corrected chi connectivity index (χ0v) is 19.3. The number of benzene rings is 3. The van der Waals surface area contributed by atoms with E-state index in [9.17, 15) is 18.4 Å². The summed E-state index contributed by atoms with van der Waals surface area (Å²) in [6.07, 6.45) is 0. The van der Waals surface area contributed by atoms with E-state index in [0.29, 0.717) is 28.6 Å². The van der Waals surface area contributed by atoms with Crippen molar-refractivity contribution in [2.45, 2.75) is 39.4 Å². The van der Waals surface area contributed by atoms with Gasteiger partial charge in [0.25, 0.3) is 5.56 Å². The number of rotatable bonds is 5. The van der Waals surface area contributed by atoms with E-state index < -0.39 is 22.7 Å². The molecule has 5 nitrogen and oxygen atoms in total. The third kappa shape index (κ3) is 4.73. The standard InChI is InChI=1S/C27H25F2N3O2/c1-27(2,3)31(16-18-9-5-4-6-10-18)24(33)17-32-26(34)21-12-8-7-11-20(21)25(30-32)19-13-14-22(28)23(29)15-19/h4-15H,16-17H2,1-3H3. The Labute approximate surface area is 196 Å². The third-order valence-corrected chi connectivity index (χ3v) is 5.64. The highest BCUT2D eigenvalue weighted by Crippen LogP contribution is 2.26. The van der Waals surface area contributed by atoms with Crippen molar-refractivity contribution in [2.24, 2.45) is 0 Å². The molecule has 34 heavy (non-hydrogen) atoms. The van der Waals surface area contributed by atoms with Crippen molar-refractivity contribution in [2.75, 3.05) is 0 Å². The smallest absolute Gasteiger partial charge is 0.275 e. The summed E-state index contributed by atoms with van der Waals surface area (Å²) >= 11 is 0. The average molecular weight is 462 g/mol. The van der Waals surface area contributed by atoms with Crippen molar-refractivity contribution in [1.29, 1.82) is 0 Å². The third-order valence-electron chi connectivity index (χ3n) is 5.64. The average Bonchev–Trinajstić information content (AvgIpc) is 2.81. The van der Waals surface area contributed by atoms with Crippen molar-refractivity contribution in [3.63, 3.8) is 0 Å². The molecule has 1 aromatic heterocycles. The van der Waals surface area contributed by atoms with Gasteiger partial charge in [0.05, 0.1) is 11.1 Å². The molecule has 0 aliphatic carbocycles. The summed E-state index contributed by atoms with van der Waals surface area (Å²) in [5.41, 5.74) is 0.646. The zero-order valence-electron chi connectivity index (χ0n) is 19.3. The van der Waals surface area contributed by atoms with Crippen molar-refractivity contribution >= 4 is 16.7 Å². The predicted octanol–water partition coefficient (Wildman–Crippen LogP) is 5.17. The topological polar surface area (TPSA) is 55.2 Å². The van der Waals surface area contributed by atoms with Crippen LogP contribution in [0.15, 0.2) is 77.6 Å². The highest BCUT2D eigenvalue weighted by Gasteiger charge is 2.27. The van der Waals surface area contributed by atoms with Gasteiger partial charge in [-0.15, -0.1) is 0 Å². The summed E-state index contributed by atoms with van der Waals surface area (Å²) in [6, 6.07) is 19.8. The molecule has 0 radical (unpaired) electrons. The van der Waals surface area contributed by atoms with Gasteiger partial charge in [-0.25, -0.2) is 13.5 Å². The highest BCUT2D eigenvalue weighted by atomic mass is 19.2. The second-order valence-electron chi connectivity index (χ2n) is 9.12. The van der Waals surface area contributed by atoms with Crippen LogP contribution in [-0.2, 0) is 17.9 Å². The maximum atomic E-state index is 14.0. The van der Waals surface area contributed by atoms with Crippen LogP contribution in [0.5, 0.6) is 0 Å². The van der Waals surface area contributed by atoms with Crippen molar-refractivity contribution in [1.82, 2.24) is 14.7 Å². The second kappa shape index (κ2) is 9.17. The van der Waals surface area contributed by atoms with Gasteiger partial charge in [0.1, 0.15) is 6.54 Å². The van der Waals surface area contributed by atoms with Crippen LogP contribution < -0.4 is 5.56 Å². The molecule has 3 aromatic carbocycles. The Morgan fingerprint density at radius 3 is 2.21 bits per heavy atom. The Hall–Kier alpha value is -3.87. The molecule has 4 rings (SSSR count). The second-order valence-corrected chi connectivity index (χ2v) is 9.12. The molecule has 0 unspecified atom stereocenters. The van der Waals surface area contributed by atoms with Crippen LogP contribution in [0.1, 0.15) is 26.3 Å². The fourth-order valence-electron chi connectivity index (χ4n) is 3.88. The fourth-order valence-corrected chi connectivity index (χ4v) is 3.88. The molecule has 0 aliphatic rings. The van der Waals surface area contributed by atoms with E-state index >= 15 is 0 Å². The van der Waals surface area contributed by atoms with Gasteiger partial charge in [-0.3, -0.25) is 9.59 Å². The molecular weight excluding hydrogens is 436 g/mol. The SMILES string of the molecule is CC(C)(C)N(Cc1ccccc1)C(=O)Cn1nc(-c2ccc(F)c(F)c2)c2ccccc2c1=O. The first kappa shape index (κ1) is 23.3. The molecule has 174 valence electrons. The molecule has 1 amide bonds. The molecule has 0 spiro atoms. The van der Waals surface area contributed by atoms with Gasteiger partial charge < -0.3 is 4.90 Å². The number of nitrogens with zero attached hydrogens (tertiary/aromatic N) is 3. The Morgan fingerprint density at radius 2 is 1.56 bits per heavy atom. The molecule has 0 N–H and O–H groups in total. The Kier molecular flexibility index (Phi) is 6.28. The molecular formula is C27H25F2N3O2. The maximum Gasteiger partial charge on any atom is 0.275 e. The maximum absolute atomic E-state index is 14.0. The molecule has 0 fully saturated rings. The van der Waals surface area contributed by atoms with Gasteiger partial charge in [-0.2, -0.15) is 5.10 Å². The first-order valence-electron chi connectivity index (χ1n) is 10.9. The van der Waals surface area contributed by atoms with Crippen LogP contribution in [0.2, 0.25) is 0 Å². The van der Waals surface area contributed by atoms with Crippen molar-refractivity contribution in [3.8, 4) is 11.3 Å². The summed E-state index contributed by atoms with van der Waals surface area (Å²) in [7, 11) is 0. The summed E-state index contributed by atoms with van der Waals surface area (Å²) in [5, 5.41) is 5.26. The molecule has 4 aromatic rings. The lowest BCUT2D eigenvalue weighted by molar-refractivity contribution is -0.137. The summed E-state index contributed by atoms with van der Waals surface area (Å²) in [4.78, 5) is 28.3. The number of fused-ring (bicyclic) bond motifs is 1. The molecule has 0 bridgehead atoms. The summed E-state index contributed by atoms with van der Waals surface area (Å²) in [5.74, 6) is -2.27. The normalized spacial score (nSPS) is 11.6. The molecule has 0 saturated carbocycles. The van der Waals surface area contributed by atoms with Crippen LogP contribution in [0, 0.1) is 11.6 Å². The van der Waals surface area contributed by atoms with Crippen molar-refractivity contribution < 1.29 is 13.6 Å². The minimum absolute atomic E-state index is 0.280. The number of aromatic nitrogens is 2. The van der Waals surface area contributed by atoms with E-state index in [-0.39, 0.29) is 12.5 Å². The highest BCUT2D eigenvalue weighted by molar-refractivity contribution is 5.93. The lowest BCUT2D eigenvalue weighted by atomic mass is 10.0. The van der Waals surface area contributed by atoms with E-state index in [4.69, 9.17) is 0 Å². The molecule has 0 atom stereocenters. The summed E-state index contributed by atoms with van der Waals surface area (Å²) in [6.45, 7) is 5.87.